The van der Waals surface area contributed by atoms with Crippen molar-refractivity contribution in [3.63, 3.8) is 0 Å². The summed E-state index contributed by atoms with van der Waals surface area (Å²) in [4.78, 5) is 10.9. The van der Waals surface area contributed by atoms with Crippen LogP contribution in [0.15, 0.2) is 34.7 Å². The topological polar surface area (TPSA) is 79.9 Å². The lowest BCUT2D eigenvalue weighted by Gasteiger charge is -2.08. The average molecular weight is 262 g/mol. The lowest BCUT2D eigenvalue weighted by Crippen LogP contribution is -1.98. The van der Waals surface area contributed by atoms with Crippen LogP contribution in [-0.2, 0) is 13.2 Å². The zero-order valence-corrected chi connectivity index (χ0v) is 10.4. The summed E-state index contributed by atoms with van der Waals surface area (Å²) in [5.41, 5.74) is 0.804. The molecule has 2 rings (SSSR count). The highest BCUT2D eigenvalue weighted by Gasteiger charge is 2.14. The maximum atomic E-state index is 10.9. The largest absolute Gasteiger partial charge is 0.485 e. The van der Waals surface area contributed by atoms with E-state index in [0.29, 0.717) is 22.8 Å². The molecule has 5 nitrogen and oxygen atoms in total. The number of rotatable bonds is 5. The third kappa shape index (κ3) is 2.95. The van der Waals surface area contributed by atoms with Crippen molar-refractivity contribution in [1.82, 2.24) is 0 Å². The van der Waals surface area contributed by atoms with Gasteiger partial charge in [-0.05, 0) is 19.1 Å². The second kappa shape index (κ2) is 5.58. The van der Waals surface area contributed by atoms with E-state index in [-0.39, 0.29) is 18.8 Å². The Hall–Kier alpha value is -2.27. The summed E-state index contributed by atoms with van der Waals surface area (Å²) in [7, 11) is 0. The van der Waals surface area contributed by atoms with Crippen LogP contribution in [0.4, 0.5) is 0 Å². The molecule has 0 radical (unpaired) electrons. The highest BCUT2D eigenvalue weighted by atomic mass is 16.5. The van der Waals surface area contributed by atoms with Crippen molar-refractivity contribution in [3.8, 4) is 5.75 Å². The maximum Gasteiger partial charge on any atom is 0.339 e. The van der Waals surface area contributed by atoms with Crippen molar-refractivity contribution in [1.29, 1.82) is 0 Å². The van der Waals surface area contributed by atoms with Crippen molar-refractivity contribution >= 4 is 5.97 Å². The summed E-state index contributed by atoms with van der Waals surface area (Å²) in [5, 5.41) is 18.1. The zero-order chi connectivity index (χ0) is 13.8. The minimum absolute atomic E-state index is 0.116. The number of aryl methyl sites for hydroxylation is 1. The Morgan fingerprint density at radius 1 is 1.37 bits per heavy atom. The van der Waals surface area contributed by atoms with Gasteiger partial charge >= 0.3 is 5.97 Å². The number of aliphatic hydroxyl groups excluding tert-OH is 1. The number of carbonyl (C=O) groups is 1. The van der Waals surface area contributed by atoms with Gasteiger partial charge in [0.2, 0.25) is 0 Å². The number of hydrogen-bond donors (Lipinski definition) is 2. The molecule has 0 atom stereocenters. The van der Waals surface area contributed by atoms with Crippen LogP contribution in [0.25, 0.3) is 0 Å². The Kier molecular flexibility index (Phi) is 3.87. The number of ether oxygens (including phenoxy) is 1. The van der Waals surface area contributed by atoms with Gasteiger partial charge < -0.3 is 19.4 Å². The van der Waals surface area contributed by atoms with Crippen LogP contribution in [-0.4, -0.2) is 16.2 Å². The summed E-state index contributed by atoms with van der Waals surface area (Å²) in [6.45, 7) is 1.59. The number of carboxylic acid groups (broad SMARTS) is 1. The molecule has 0 bridgehead atoms. The predicted octanol–water partition coefficient (Wildman–Crippen LogP) is 2.36. The number of furan rings is 1. The molecule has 0 unspecified atom stereocenters. The fraction of sp³-hybridized carbons (Fsp3) is 0.214. The Balaban J connectivity index is 2.10. The average Bonchev–Trinajstić information content (AvgIpc) is 2.78. The van der Waals surface area contributed by atoms with E-state index in [9.17, 15) is 4.79 Å². The molecule has 100 valence electrons. The number of aliphatic hydroxyl groups is 1. The monoisotopic (exact) mass is 262 g/mol. The zero-order valence-electron chi connectivity index (χ0n) is 10.4. The van der Waals surface area contributed by atoms with Crippen LogP contribution in [0.2, 0.25) is 0 Å². The Morgan fingerprint density at radius 3 is 2.74 bits per heavy atom. The minimum Gasteiger partial charge on any atom is -0.485 e. The van der Waals surface area contributed by atoms with Gasteiger partial charge in [0.25, 0.3) is 0 Å². The van der Waals surface area contributed by atoms with Crippen LogP contribution < -0.4 is 4.74 Å². The highest BCUT2D eigenvalue weighted by molar-refractivity contribution is 5.88. The summed E-state index contributed by atoms with van der Waals surface area (Å²) < 4.78 is 10.8. The van der Waals surface area contributed by atoms with Crippen LogP contribution >= 0.6 is 0 Å². The molecule has 0 aliphatic carbocycles. The molecular formula is C14H14O5. The van der Waals surface area contributed by atoms with E-state index in [2.05, 4.69) is 0 Å². The van der Waals surface area contributed by atoms with E-state index in [1.807, 2.05) is 0 Å². The van der Waals surface area contributed by atoms with E-state index in [4.69, 9.17) is 19.4 Å². The first-order chi connectivity index (χ1) is 9.11. The second-order valence-electron chi connectivity index (χ2n) is 4.04. The third-order valence-electron chi connectivity index (χ3n) is 2.71. The summed E-state index contributed by atoms with van der Waals surface area (Å²) in [6.07, 6.45) is 0. The quantitative estimate of drug-likeness (QED) is 0.864. The van der Waals surface area contributed by atoms with E-state index in [0.717, 1.165) is 0 Å². The van der Waals surface area contributed by atoms with E-state index >= 15 is 0 Å². The fourth-order valence-corrected chi connectivity index (χ4v) is 1.75. The standard InChI is InChI=1S/C14H14O5/c1-9-12(14(16)17)6-11(19-9)8-18-13-5-3-2-4-10(13)7-15/h2-6,15H,7-8H2,1H3,(H,16,17). The molecule has 0 saturated carbocycles. The number of aromatic carboxylic acids is 1. The third-order valence-corrected chi connectivity index (χ3v) is 2.71. The van der Waals surface area contributed by atoms with Gasteiger partial charge in [-0.25, -0.2) is 4.79 Å². The molecule has 0 amide bonds. The van der Waals surface area contributed by atoms with Gasteiger partial charge in [0.1, 0.15) is 29.4 Å². The molecule has 0 fully saturated rings. The maximum absolute atomic E-state index is 10.9. The molecular weight excluding hydrogens is 248 g/mol. The van der Waals surface area contributed by atoms with E-state index in [1.165, 1.54) is 6.07 Å². The molecule has 2 aromatic rings. The van der Waals surface area contributed by atoms with Gasteiger partial charge in [0, 0.05) is 5.56 Å². The van der Waals surface area contributed by atoms with Gasteiger partial charge in [0.05, 0.1) is 6.61 Å². The number of carboxylic acids is 1. The molecule has 1 aromatic carbocycles. The van der Waals surface area contributed by atoms with Crippen LogP contribution in [0.5, 0.6) is 5.75 Å². The van der Waals surface area contributed by atoms with Crippen molar-refractivity contribution < 1.29 is 24.2 Å². The molecule has 1 heterocycles. The molecule has 19 heavy (non-hydrogen) atoms. The second-order valence-corrected chi connectivity index (χ2v) is 4.04. The van der Waals surface area contributed by atoms with E-state index in [1.54, 1.807) is 31.2 Å². The minimum atomic E-state index is -1.02. The van der Waals surface area contributed by atoms with Gasteiger partial charge in [-0.1, -0.05) is 18.2 Å². The predicted molar refractivity (Wildman–Crippen MR) is 67.1 cm³/mol. The van der Waals surface area contributed by atoms with Crippen molar-refractivity contribution in [2.75, 3.05) is 0 Å². The molecule has 0 aliphatic heterocycles. The van der Waals surface area contributed by atoms with Crippen molar-refractivity contribution in [2.45, 2.75) is 20.1 Å². The Bertz CT molecular complexity index is 585. The van der Waals surface area contributed by atoms with Gasteiger partial charge in [-0.15, -0.1) is 0 Å². The smallest absolute Gasteiger partial charge is 0.339 e. The van der Waals surface area contributed by atoms with Gasteiger partial charge in [-0.3, -0.25) is 0 Å². The summed E-state index contributed by atoms with van der Waals surface area (Å²) in [5.74, 6) is 0.309. The SMILES string of the molecule is Cc1oc(COc2ccccc2CO)cc1C(=O)O. The van der Waals surface area contributed by atoms with Crippen molar-refractivity contribution in [2.24, 2.45) is 0 Å². The number of para-hydroxylation sites is 1. The molecule has 0 saturated heterocycles. The van der Waals surface area contributed by atoms with Crippen LogP contribution in [0, 0.1) is 6.92 Å². The normalized spacial score (nSPS) is 10.4. The first-order valence-electron chi connectivity index (χ1n) is 5.76. The van der Waals surface area contributed by atoms with E-state index < -0.39 is 5.97 Å². The summed E-state index contributed by atoms with van der Waals surface area (Å²) in [6, 6.07) is 8.53. The lowest BCUT2D eigenvalue weighted by atomic mass is 10.2. The molecule has 5 heteroatoms. The highest BCUT2D eigenvalue weighted by Crippen LogP contribution is 2.21. The first kappa shape index (κ1) is 13.2. The van der Waals surface area contributed by atoms with Crippen molar-refractivity contribution in [3.05, 3.63) is 53.0 Å². The molecule has 2 N–H and O–H groups in total. The van der Waals surface area contributed by atoms with Gasteiger partial charge in [0.15, 0.2) is 0 Å². The Morgan fingerprint density at radius 2 is 2.11 bits per heavy atom. The summed E-state index contributed by atoms with van der Waals surface area (Å²) >= 11 is 0. The molecule has 0 aliphatic rings. The molecule has 1 aromatic heterocycles. The molecule has 0 spiro atoms. The lowest BCUT2D eigenvalue weighted by molar-refractivity contribution is 0.0695. The Labute approximate surface area is 110 Å². The fourth-order valence-electron chi connectivity index (χ4n) is 1.75. The number of benzene rings is 1. The van der Waals surface area contributed by atoms with Crippen LogP contribution in [0.1, 0.15) is 27.4 Å². The number of hydrogen-bond acceptors (Lipinski definition) is 4. The van der Waals surface area contributed by atoms with Gasteiger partial charge in [-0.2, -0.15) is 0 Å². The first-order valence-corrected chi connectivity index (χ1v) is 5.76. The van der Waals surface area contributed by atoms with Crippen LogP contribution in [0.3, 0.4) is 0 Å².